The average Bonchev–Trinajstić information content (AvgIpc) is 3.24. The third-order valence-corrected chi connectivity index (χ3v) is 4.92. The van der Waals surface area contributed by atoms with Gasteiger partial charge in [0.1, 0.15) is 0 Å². The van der Waals surface area contributed by atoms with Crippen LogP contribution < -0.4 is 5.32 Å². The molecule has 2 saturated heterocycles. The number of nitrogens with one attached hydrogen (secondary N) is 2. The summed E-state index contributed by atoms with van der Waals surface area (Å²) in [7, 11) is 0. The maximum absolute atomic E-state index is 12.9. The van der Waals surface area contributed by atoms with Crippen LogP contribution in [0.2, 0.25) is 0 Å². The van der Waals surface area contributed by atoms with Gasteiger partial charge >= 0.3 is 0 Å². The van der Waals surface area contributed by atoms with E-state index in [0.717, 1.165) is 42.4 Å². The summed E-state index contributed by atoms with van der Waals surface area (Å²) in [6, 6.07) is 8.84. The number of H-pyrrole nitrogens is 1. The Bertz CT molecular complexity index is 657. The first-order valence-corrected chi connectivity index (χ1v) is 7.94. The topological polar surface area (TPSA) is 48.1 Å². The summed E-state index contributed by atoms with van der Waals surface area (Å²) in [5.41, 5.74) is 1.90. The van der Waals surface area contributed by atoms with E-state index in [1.807, 2.05) is 30.5 Å². The van der Waals surface area contributed by atoms with Crippen molar-refractivity contribution >= 4 is 16.8 Å². The van der Waals surface area contributed by atoms with Crippen LogP contribution in [0.5, 0.6) is 0 Å². The Morgan fingerprint density at radius 1 is 1.19 bits per heavy atom. The van der Waals surface area contributed by atoms with Crippen molar-refractivity contribution < 1.29 is 4.79 Å². The van der Waals surface area contributed by atoms with Gasteiger partial charge in [-0.15, -0.1) is 0 Å². The molecule has 0 spiro atoms. The maximum atomic E-state index is 12.9. The molecule has 2 N–H and O–H groups in total. The van der Waals surface area contributed by atoms with E-state index in [1.165, 1.54) is 12.8 Å². The van der Waals surface area contributed by atoms with Crippen LogP contribution in [-0.2, 0) is 0 Å². The lowest BCUT2D eigenvalue weighted by molar-refractivity contribution is 0.0711. The zero-order chi connectivity index (χ0) is 14.2. The van der Waals surface area contributed by atoms with Crippen molar-refractivity contribution in [3.8, 4) is 0 Å². The van der Waals surface area contributed by atoms with Crippen LogP contribution in [0.15, 0.2) is 30.5 Å². The van der Waals surface area contributed by atoms with Crippen molar-refractivity contribution in [2.75, 3.05) is 13.1 Å². The lowest BCUT2D eigenvalue weighted by atomic mass is 10.0. The standard InChI is InChI=1S/C17H21N3O/c21-17(13-5-6-14-12(11-13)7-9-19-14)20-10-2-4-16(20)15-3-1-8-18-15/h5-7,9,11,15-16,18-19H,1-4,8,10H2. The van der Waals surface area contributed by atoms with Crippen LogP contribution in [0, 0.1) is 0 Å². The summed E-state index contributed by atoms with van der Waals surface area (Å²) in [6.07, 6.45) is 6.61. The molecule has 2 aromatic rings. The number of aromatic amines is 1. The lowest BCUT2D eigenvalue weighted by Gasteiger charge is -2.29. The lowest BCUT2D eigenvalue weighted by Crippen LogP contribution is -2.46. The molecule has 0 aliphatic carbocycles. The summed E-state index contributed by atoms with van der Waals surface area (Å²) in [5, 5.41) is 4.67. The highest BCUT2D eigenvalue weighted by atomic mass is 16.2. The first kappa shape index (κ1) is 12.9. The Morgan fingerprint density at radius 2 is 2.14 bits per heavy atom. The number of nitrogens with zero attached hydrogens (tertiary/aromatic N) is 1. The SMILES string of the molecule is O=C(c1ccc2[nH]ccc2c1)N1CCCC1C1CCCN1. The van der Waals surface area contributed by atoms with E-state index in [-0.39, 0.29) is 5.91 Å². The van der Waals surface area contributed by atoms with Crippen molar-refractivity contribution in [2.24, 2.45) is 0 Å². The van der Waals surface area contributed by atoms with Gasteiger partial charge in [-0.2, -0.15) is 0 Å². The van der Waals surface area contributed by atoms with Crippen LogP contribution in [-0.4, -0.2) is 41.0 Å². The fourth-order valence-corrected chi connectivity index (χ4v) is 3.86. The number of amides is 1. The molecule has 2 fully saturated rings. The Labute approximate surface area is 124 Å². The van der Waals surface area contributed by atoms with Crippen molar-refractivity contribution in [2.45, 2.75) is 37.8 Å². The van der Waals surface area contributed by atoms with E-state index in [4.69, 9.17) is 0 Å². The Balaban J connectivity index is 1.60. The molecule has 0 bridgehead atoms. The Morgan fingerprint density at radius 3 is 3.00 bits per heavy atom. The van der Waals surface area contributed by atoms with Crippen LogP contribution in [0.25, 0.3) is 10.9 Å². The molecule has 0 saturated carbocycles. The normalized spacial score (nSPS) is 25.8. The zero-order valence-corrected chi connectivity index (χ0v) is 12.1. The molecule has 1 aromatic carbocycles. The summed E-state index contributed by atoms with van der Waals surface area (Å²) < 4.78 is 0. The smallest absolute Gasteiger partial charge is 0.254 e. The minimum Gasteiger partial charge on any atom is -0.361 e. The quantitative estimate of drug-likeness (QED) is 0.889. The molecule has 1 aromatic heterocycles. The van der Waals surface area contributed by atoms with Gasteiger partial charge in [-0.05, 0) is 56.5 Å². The maximum Gasteiger partial charge on any atom is 0.254 e. The first-order chi connectivity index (χ1) is 10.3. The minimum absolute atomic E-state index is 0.189. The number of aromatic nitrogens is 1. The van der Waals surface area contributed by atoms with Gasteiger partial charge in [-0.25, -0.2) is 0 Å². The largest absolute Gasteiger partial charge is 0.361 e. The third kappa shape index (κ3) is 2.23. The highest BCUT2D eigenvalue weighted by Gasteiger charge is 2.36. The van der Waals surface area contributed by atoms with Crippen LogP contribution in [0.4, 0.5) is 0 Å². The van der Waals surface area contributed by atoms with Crippen LogP contribution in [0.3, 0.4) is 0 Å². The Hall–Kier alpha value is -1.81. The molecule has 2 aliphatic heterocycles. The molecule has 21 heavy (non-hydrogen) atoms. The number of hydrogen-bond donors (Lipinski definition) is 2. The van der Waals surface area contributed by atoms with Gasteiger partial charge in [0.15, 0.2) is 0 Å². The highest BCUT2D eigenvalue weighted by Crippen LogP contribution is 2.27. The van der Waals surface area contributed by atoms with Gasteiger partial charge in [-0.1, -0.05) is 0 Å². The zero-order valence-electron chi connectivity index (χ0n) is 12.1. The second kappa shape index (κ2) is 5.19. The molecule has 2 unspecified atom stereocenters. The minimum atomic E-state index is 0.189. The molecule has 4 nitrogen and oxygen atoms in total. The molecular formula is C17H21N3O. The molecule has 0 radical (unpaired) electrons. The van der Waals surface area contributed by atoms with Gasteiger partial charge in [0.05, 0.1) is 0 Å². The second-order valence-electron chi connectivity index (χ2n) is 6.19. The molecule has 4 rings (SSSR count). The predicted octanol–water partition coefficient (Wildman–Crippen LogP) is 2.52. The van der Waals surface area contributed by atoms with E-state index in [2.05, 4.69) is 15.2 Å². The molecular weight excluding hydrogens is 262 g/mol. The predicted molar refractivity (Wildman–Crippen MR) is 83.4 cm³/mol. The van der Waals surface area contributed by atoms with Crippen molar-refractivity contribution in [1.29, 1.82) is 0 Å². The fourth-order valence-electron chi connectivity index (χ4n) is 3.86. The summed E-state index contributed by atoms with van der Waals surface area (Å²) in [6.45, 7) is 1.99. The van der Waals surface area contributed by atoms with Gasteiger partial charge in [0.2, 0.25) is 0 Å². The van der Waals surface area contributed by atoms with Crippen LogP contribution in [0.1, 0.15) is 36.0 Å². The molecule has 110 valence electrons. The molecule has 2 atom stereocenters. The monoisotopic (exact) mass is 283 g/mol. The summed E-state index contributed by atoms with van der Waals surface area (Å²) in [4.78, 5) is 18.1. The summed E-state index contributed by atoms with van der Waals surface area (Å²) >= 11 is 0. The van der Waals surface area contributed by atoms with Crippen molar-refractivity contribution in [1.82, 2.24) is 15.2 Å². The molecule has 3 heterocycles. The van der Waals surface area contributed by atoms with E-state index in [9.17, 15) is 4.79 Å². The number of benzene rings is 1. The van der Waals surface area contributed by atoms with Gasteiger partial charge < -0.3 is 15.2 Å². The third-order valence-electron chi connectivity index (χ3n) is 4.92. The van der Waals surface area contributed by atoms with E-state index < -0.39 is 0 Å². The van der Waals surface area contributed by atoms with E-state index in [1.54, 1.807) is 0 Å². The highest BCUT2D eigenvalue weighted by molar-refractivity contribution is 5.98. The van der Waals surface area contributed by atoms with E-state index in [0.29, 0.717) is 12.1 Å². The molecule has 1 amide bonds. The number of rotatable bonds is 2. The van der Waals surface area contributed by atoms with E-state index >= 15 is 0 Å². The number of likely N-dealkylation sites (tertiary alicyclic amines) is 1. The number of fused-ring (bicyclic) bond motifs is 1. The van der Waals surface area contributed by atoms with Crippen molar-refractivity contribution in [3.05, 3.63) is 36.0 Å². The Kier molecular flexibility index (Phi) is 3.19. The van der Waals surface area contributed by atoms with Gasteiger partial charge in [-0.3, -0.25) is 4.79 Å². The number of carbonyl (C=O) groups is 1. The summed E-state index contributed by atoms with van der Waals surface area (Å²) in [5.74, 6) is 0.189. The first-order valence-electron chi connectivity index (χ1n) is 7.94. The van der Waals surface area contributed by atoms with Crippen molar-refractivity contribution in [3.63, 3.8) is 0 Å². The van der Waals surface area contributed by atoms with Crippen LogP contribution >= 0.6 is 0 Å². The average molecular weight is 283 g/mol. The molecule has 2 aliphatic rings. The second-order valence-corrected chi connectivity index (χ2v) is 6.19. The van der Waals surface area contributed by atoms with Gasteiger partial charge in [0.25, 0.3) is 5.91 Å². The number of hydrogen-bond acceptors (Lipinski definition) is 2. The fraction of sp³-hybridized carbons (Fsp3) is 0.471. The van der Waals surface area contributed by atoms with Gasteiger partial charge in [0, 0.05) is 41.3 Å². The number of carbonyl (C=O) groups excluding carboxylic acids is 1. The molecule has 4 heteroatoms.